The zero-order valence-corrected chi connectivity index (χ0v) is 16.3. The van der Waals surface area contributed by atoms with E-state index in [-0.39, 0.29) is 11.3 Å². The first kappa shape index (κ1) is 19.7. The van der Waals surface area contributed by atoms with Gasteiger partial charge in [0.05, 0.1) is 18.9 Å². The van der Waals surface area contributed by atoms with Crippen molar-refractivity contribution >= 4 is 11.6 Å². The first-order valence-electron chi connectivity index (χ1n) is 9.69. The Morgan fingerprint density at radius 3 is 2.50 bits per heavy atom. The van der Waals surface area contributed by atoms with E-state index in [1.807, 2.05) is 24.3 Å². The van der Waals surface area contributed by atoms with Crippen LogP contribution in [-0.4, -0.2) is 47.5 Å². The van der Waals surface area contributed by atoms with Crippen molar-refractivity contribution in [3.8, 4) is 17.0 Å². The molecule has 8 heteroatoms. The van der Waals surface area contributed by atoms with Crippen molar-refractivity contribution in [1.82, 2.24) is 15.5 Å². The van der Waals surface area contributed by atoms with Crippen LogP contribution in [0.5, 0.6) is 5.75 Å². The van der Waals surface area contributed by atoms with E-state index >= 15 is 0 Å². The van der Waals surface area contributed by atoms with Gasteiger partial charge in [0.2, 0.25) is 0 Å². The number of ether oxygens (including phenoxy) is 1. The Kier molecular flexibility index (Phi) is 5.76. The zero-order valence-electron chi connectivity index (χ0n) is 16.3. The van der Waals surface area contributed by atoms with Crippen LogP contribution < -0.4 is 15.8 Å². The highest BCUT2D eigenvalue weighted by molar-refractivity contribution is 5.94. The Labute approximate surface area is 173 Å². The number of aromatic nitrogens is 2. The Bertz CT molecular complexity index is 1070. The van der Waals surface area contributed by atoms with Crippen LogP contribution in [0.25, 0.3) is 11.3 Å². The Morgan fingerprint density at radius 2 is 1.80 bits per heavy atom. The minimum absolute atomic E-state index is 0.0157. The van der Waals surface area contributed by atoms with E-state index < -0.39 is 11.5 Å². The van der Waals surface area contributed by atoms with E-state index in [0.717, 1.165) is 37.6 Å². The fourth-order valence-electron chi connectivity index (χ4n) is 3.28. The molecule has 0 spiro atoms. The smallest absolute Gasteiger partial charge is 0.277 e. The number of hydrogen-bond acceptors (Lipinski definition) is 6. The molecule has 1 fully saturated rings. The molecule has 0 radical (unpaired) electrons. The van der Waals surface area contributed by atoms with Gasteiger partial charge in [-0.2, -0.15) is 5.10 Å². The molecule has 1 aliphatic heterocycles. The van der Waals surface area contributed by atoms with Crippen LogP contribution in [0, 0.1) is 0 Å². The Morgan fingerprint density at radius 1 is 1.10 bits per heavy atom. The van der Waals surface area contributed by atoms with Gasteiger partial charge in [-0.15, -0.1) is 0 Å². The number of phenols is 1. The Balaban J connectivity index is 1.43. The lowest BCUT2D eigenvalue weighted by atomic mass is 10.1. The molecule has 2 aromatic carbocycles. The molecule has 0 atom stereocenters. The number of H-pyrrole nitrogens is 1. The molecular weight excluding hydrogens is 384 g/mol. The zero-order chi connectivity index (χ0) is 20.9. The SMILES string of the molecule is O=C(NCc1ccc(N2CCOCC2)cc1)c1cc(-c2ccc(O)cc2)n[nH]c1=O. The van der Waals surface area contributed by atoms with Gasteiger partial charge in [0.25, 0.3) is 11.5 Å². The van der Waals surface area contributed by atoms with Crippen LogP contribution >= 0.6 is 0 Å². The highest BCUT2D eigenvalue weighted by atomic mass is 16.5. The van der Waals surface area contributed by atoms with Gasteiger partial charge in [0, 0.05) is 30.9 Å². The summed E-state index contributed by atoms with van der Waals surface area (Å²) in [6.07, 6.45) is 0. The molecule has 4 rings (SSSR count). The molecular formula is C22H22N4O4. The van der Waals surface area contributed by atoms with Crippen LogP contribution in [0.2, 0.25) is 0 Å². The monoisotopic (exact) mass is 406 g/mol. The minimum Gasteiger partial charge on any atom is -0.508 e. The summed E-state index contributed by atoms with van der Waals surface area (Å²) in [5.41, 5.74) is 2.60. The van der Waals surface area contributed by atoms with Crippen molar-refractivity contribution in [3.63, 3.8) is 0 Å². The highest BCUT2D eigenvalue weighted by Gasteiger charge is 2.14. The maximum Gasteiger partial charge on any atom is 0.277 e. The number of carbonyl (C=O) groups excluding carboxylic acids is 1. The molecule has 8 nitrogen and oxygen atoms in total. The van der Waals surface area contributed by atoms with Gasteiger partial charge in [-0.1, -0.05) is 12.1 Å². The standard InChI is InChI=1S/C22H22N4O4/c27-18-7-3-16(4-8-18)20-13-19(22(29)25-24-20)21(28)23-14-15-1-5-17(6-2-15)26-9-11-30-12-10-26/h1-8,13,27H,9-12,14H2,(H,23,28)(H,25,29). The normalized spacial score (nSPS) is 13.8. The fraction of sp³-hybridized carbons (Fsp3) is 0.227. The summed E-state index contributed by atoms with van der Waals surface area (Å²) in [5.74, 6) is -0.350. The van der Waals surface area contributed by atoms with Gasteiger partial charge in [0.1, 0.15) is 11.3 Å². The summed E-state index contributed by atoms with van der Waals surface area (Å²) in [6.45, 7) is 3.49. The van der Waals surface area contributed by atoms with Crippen molar-refractivity contribution in [3.05, 3.63) is 76.1 Å². The summed E-state index contributed by atoms with van der Waals surface area (Å²) in [4.78, 5) is 26.9. The summed E-state index contributed by atoms with van der Waals surface area (Å²) in [6, 6.07) is 15.8. The molecule has 154 valence electrons. The fourth-order valence-corrected chi connectivity index (χ4v) is 3.28. The third-order valence-electron chi connectivity index (χ3n) is 4.98. The second-order valence-electron chi connectivity index (χ2n) is 6.99. The molecule has 0 bridgehead atoms. The molecule has 1 aromatic heterocycles. The number of nitrogens with one attached hydrogen (secondary N) is 2. The predicted octanol–water partition coefficient (Wildman–Crippen LogP) is 1.91. The van der Waals surface area contributed by atoms with Gasteiger partial charge < -0.3 is 20.1 Å². The lowest BCUT2D eigenvalue weighted by molar-refractivity contribution is 0.0949. The maximum absolute atomic E-state index is 12.6. The lowest BCUT2D eigenvalue weighted by Gasteiger charge is -2.28. The number of benzene rings is 2. The number of rotatable bonds is 5. The summed E-state index contributed by atoms with van der Waals surface area (Å²) in [5, 5.41) is 18.5. The number of aromatic hydroxyl groups is 1. The number of phenolic OH excluding ortho intramolecular Hbond substituents is 1. The van der Waals surface area contributed by atoms with Gasteiger partial charge in [-0.3, -0.25) is 9.59 Å². The average Bonchev–Trinajstić information content (AvgIpc) is 2.79. The minimum atomic E-state index is -0.558. The van der Waals surface area contributed by atoms with Crippen LogP contribution in [-0.2, 0) is 11.3 Å². The van der Waals surface area contributed by atoms with Gasteiger partial charge >= 0.3 is 0 Å². The first-order valence-corrected chi connectivity index (χ1v) is 9.69. The molecule has 0 saturated carbocycles. The molecule has 1 aliphatic rings. The van der Waals surface area contributed by atoms with Crippen molar-refractivity contribution in [2.24, 2.45) is 0 Å². The van der Waals surface area contributed by atoms with E-state index in [4.69, 9.17) is 4.74 Å². The van der Waals surface area contributed by atoms with Gasteiger partial charge in [-0.05, 0) is 48.0 Å². The topological polar surface area (TPSA) is 108 Å². The van der Waals surface area contributed by atoms with Crippen LogP contribution in [0.1, 0.15) is 15.9 Å². The third-order valence-corrected chi connectivity index (χ3v) is 4.98. The van der Waals surface area contributed by atoms with Crippen molar-refractivity contribution in [1.29, 1.82) is 0 Å². The summed E-state index contributed by atoms with van der Waals surface area (Å²) in [7, 11) is 0. The second kappa shape index (κ2) is 8.79. The van der Waals surface area contributed by atoms with Crippen LogP contribution in [0.15, 0.2) is 59.4 Å². The maximum atomic E-state index is 12.6. The number of amides is 1. The average molecular weight is 406 g/mol. The van der Waals surface area contributed by atoms with Gasteiger partial charge in [-0.25, -0.2) is 5.10 Å². The Hall–Kier alpha value is -3.65. The summed E-state index contributed by atoms with van der Waals surface area (Å²) >= 11 is 0. The third kappa shape index (κ3) is 4.49. The molecule has 3 aromatic rings. The second-order valence-corrected chi connectivity index (χ2v) is 6.99. The molecule has 0 aliphatic carbocycles. The van der Waals surface area contributed by atoms with Crippen molar-refractivity contribution in [2.75, 3.05) is 31.2 Å². The molecule has 30 heavy (non-hydrogen) atoms. The number of anilines is 1. The van der Waals surface area contributed by atoms with Gasteiger partial charge in [0.15, 0.2) is 0 Å². The lowest BCUT2D eigenvalue weighted by Crippen LogP contribution is -2.36. The van der Waals surface area contributed by atoms with Crippen molar-refractivity contribution in [2.45, 2.75) is 6.54 Å². The molecule has 2 heterocycles. The van der Waals surface area contributed by atoms with Crippen LogP contribution in [0.4, 0.5) is 5.69 Å². The van der Waals surface area contributed by atoms with E-state index in [1.54, 1.807) is 12.1 Å². The number of morpholine rings is 1. The van der Waals surface area contributed by atoms with E-state index in [0.29, 0.717) is 17.8 Å². The number of hydrogen-bond donors (Lipinski definition) is 3. The largest absolute Gasteiger partial charge is 0.508 e. The molecule has 1 amide bonds. The van der Waals surface area contributed by atoms with E-state index in [9.17, 15) is 14.7 Å². The molecule has 3 N–H and O–H groups in total. The number of carbonyl (C=O) groups is 1. The van der Waals surface area contributed by atoms with Crippen molar-refractivity contribution < 1.29 is 14.6 Å². The number of aromatic amines is 1. The number of nitrogens with zero attached hydrogens (tertiary/aromatic N) is 2. The predicted molar refractivity (Wildman–Crippen MR) is 113 cm³/mol. The quantitative estimate of drug-likeness (QED) is 0.598. The van der Waals surface area contributed by atoms with E-state index in [2.05, 4.69) is 20.4 Å². The van der Waals surface area contributed by atoms with E-state index in [1.165, 1.54) is 18.2 Å². The molecule has 1 saturated heterocycles. The summed E-state index contributed by atoms with van der Waals surface area (Å²) < 4.78 is 5.37. The first-order chi connectivity index (χ1) is 14.6. The molecule has 0 unspecified atom stereocenters. The highest BCUT2D eigenvalue weighted by Crippen LogP contribution is 2.20. The van der Waals surface area contributed by atoms with Crippen LogP contribution in [0.3, 0.4) is 0 Å².